The van der Waals surface area contributed by atoms with Gasteiger partial charge in [-0.25, -0.2) is 0 Å². The molecule has 3 nitrogen and oxygen atoms in total. The third kappa shape index (κ3) is 3.46. The van der Waals surface area contributed by atoms with Gasteiger partial charge in [0.2, 0.25) is 0 Å². The molecule has 0 bridgehead atoms. The maximum Gasteiger partial charge on any atom is 0.135 e. The minimum absolute atomic E-state index is 0.0842. The Morgan fingerprint density at radius 3 is 2.42 bits per heavy atom. The number of ether oxygens (including phenoxy) is 3. The smallest absolute Gasteiger partial charge is 0.135 e. The van der Waals surface area contributed by atoms with E-state index in [2.05, 4.69) is 47.8 Å². The monoisotopic (exact) mass is 456 g/mol. The van der Waals surface area contributed by atoms with Crippen molar-refractivity contribution in [3.05, 3.63) is 21.1 Å². The Labute approximate surface area is 138 Å². The second kappa shape index (κ2) is 6.78. The van der Waals surface area contributed by atoms with Crippen molar-refractivity contribution in [3.8, 4) is 11.5 Å². The summed E-state index contributed by atoms with van der Waals surface area (Å²) in [7, 11) is 1.64. The fourth-order valence-electron chi connectivity index (χ4n) is 1.97. The number of hydrogen-bond acceptors (Lipinski definition) is 3. The zero-order valence-electron chi connectivity index (χ0n) is 10.7. The average molecular weight is 459 g/mol. The highest BCUT2D eigenvalue weighted by Gasteiger charge is 2.42. The molecule has 0 spiro atoms. The minimum atomic E-state index is 0.0842. The van der Waals surface area contributed by atoms with E-state index in [9.17, 15) is 0 Å². The Hall–Kier alpha value is 0.220. The van der Waals surface area contributed by atoms with Crippen molar-refractivity contribution < 1.29 is 14.2 Å². The number of benzene rings is 1. The molecule has 1 aromatic rings. The molecule has 2 rings (SSSR count). The van der Waals surface area contributed by atoms with Crippen LogP contribution in [0.3, 0.4) is 0 Å². The summed E-state index contributed by atoms with van der Waals surface area (Å²) in [5, 5.41) is 0. The maximum atomic E-state index is 6.01. The molecular weight excluding hydrogens is 444 g/mol. The molecule has 0 saturated heterocycles. The Morgan fingerprint density at radius 1 is 1.21 bits per heavy atom. The standard InChI is InChI=1S/C13H15Br3O3/c1-3-18-13-9(16)6-12(13)19-11-5-7(14)10(17-2)4-8(11)15/h4-5,9,12-13H,3,6H2,1-2H3. The first-order valence-electron chi connectivity index (χ1n) is 6.02. The third-order valence-electron chi connectivity index (χ3n) is 3.02. The summed E-state index contributed by atoms with van der Waals surface area (Å²) in [5.41, 5.74) is 0. The van der Waals surface area contributed by atoms with Crippen molar-refractivity contribution in [2.75, 3.05) is 13.7 Å². The van der Waals surface area contributed by atoms with Gasteiger partial charge in [-0.15, -0.1) is 0 Å². The Bertz CT molecular complexity index is 453. The van der Waals surface area contributed by atoms with Crippen LogP contribution in [0.4, 0.5) is 0 Å². The summed E-state index contributed by atoms with van der Waals surface area (Å²) < 4.78 is 18.7. The van der Waals surface area contributed by atoms with E-state index >= 15 is 0 Å². The lowest BCUT2D eigenvalue weighted by Gasteiger charge is -2.40. The van der Waals surface area contributed by atoms with Crippen LogP contribution >= 0.6 is 47.8 Å². The van der Waals surface area contributed by atoms with Crippen molar-refractivity contribution in [1.82, 2.24) is 0 Å². The van der Waals surface area contributed by atoms with E-state index in [1.165, 1.54) is 0 Å². The van der Waals surface area contributed by atoms with Crippen molar-refractivity contribution in [1.29, 1.82) is 0 Å². The molecule has 1 aliphatic carbocycles. The largest absolute Gasteiger partial charge is 0.496 e. The van der Waals surface area contributed by atoms with Gasteiger partial charge in [0.1, 0.15) is 23.7 Å². The van der Waals surface area contributed by atoms with Crippen LogP contribution in [0.25, 0.3) is 0 Å². The van der Waals surface area contributed by atoms with Gasteiger partial charge in [0, 0.05) is 17.9 Å². The van der Waals surface area contributed by atoms with Gasteiger partial charge in [-0.1, -0.05) is 15.9 Å². The van der Waals surface area contributed by atoms with Crippen molar-refractivity contribution in [3.63, 3.8) is 0 Å². The predicted octanol–water partition coefficient (Wildman–Crippen LogP) is 4.54. The molecular formula is C13H15Br3O3. The molecule has 106 valence electrons. The molecule has 0 heterocycles. The number of hydrogen-bond donors (Lipinski definition) is 0. The van der Waals surface area contributed by atoms with Gasteiger partial charge in [0.25, 0.3) is 0 Å². The Balaban J connectivity index is 2.09. The fraction of sp³-hybridized carbons (Fsp3) is 0.538. The highest BCUT2D eigenvalue weighted by atomic mass is 79.9. The topological polar surface area (TPSA) is 27.7 Å². The lowest BCUT2D eigenvalue weighted by molar-refractivity contribution is -0.0726. The summed E-state index contributed by atoms with van der Waals surface area (Å²) in [5.74, 6) is 1.56. The fourth-order valence-corrected chi connectivity index (χ4v) is 3.73. The summed E-state index contributed by atoms with van der Waals surface area (Å²) in [6.07, 6.45) is 1.14. The number of alkyl halides is 1. The molecule has 1 saturated carbocycles. The number of rotatable bonds is 5. The van der Waals surface area contributed by atoms with E-state index in [1.807, 2.05) is 19.1 Å². The van der Waals surface area contributed by atoms with Gasteiger partial charge in [0.05, 0.1) is 16.1 Å². The second-order valence-corrected chi connectivity index (χ2v) is 7.13. The van der Waals surface area contributed by atoms with Crippen LogP contribution < -0.4 is 9.47 Å². The molecule has 0 N–H and O–H groups in total. The molecule has 0 aliphatic heterocycles. The van der Waals surface area contributed by atoms with Gasteiger partial charge in [-0.05, 0) is 50.9 Å². The number of halogens is 3. The Kier molecular flexibility index (Phi) is 5.57. The SMILES string of the molecule is CCOC1C(Br)CC1Oc1cc(Br)c(OC)cc1Br. The van der Waals surface area contributed by atoms with Crippen LogP contribution in [0.5, 0.6) is 11.5 Å². The molecule has 0 aromatic heterocycles. The molecule has 1 aliphatic rings. The predicted molar refractivity (Wildman–Crippen MR) is 85.6 cm³/mol. The first-order valence-corrected chi connectivity index (χ1v) is 8.52. The van der Waals surface area contributed by atoms with Crippen molar-refractivity contribution >= 4 is 47.8 Å². The normalized spacial score (nSPS) is 25.8. The summed E-state index contributed by atoms with van der Waals surface area (Å²) >= 11 is 10.6. The Morgan fingerprint density at radius 2 is 1.84 bits per heavy atom. The molecule has 1 aromatic carbocycles. The van der Waals surface area contributed by atoms with Gasteiger partial charge in [-0.2, -0.15) is 0 Å². The molecule has 6 heteroatoms. The third-order valence-corrected chi connectivity index (χ3v) is 5.16. The quantitative estimate of drug-likeness (QED) is 0.606. The lowest BCUT2D eigenvalue weighted by atomic mass is 9.91. The van der Waals surface area contributed by atoms with Crippen LogP contribution in [0, 0.1) is 0 Å². The molecule has 3 atom stereocenters. The highest BCUT2D eigenvalue weighted by molar-refractivity contribution is 9.11. The zero-order chi connectivity index (χ0) is 14.0. The summed E-state index contributed by atoms with van der Waals surface area (Å²) in [6, 6.07) is 3.80. The first-order chi connectivity index (χ1) is 9.06. The van der Waals surface area contributed by atoms with Gasteiger partial charge < -0.3 is 14.2 Å². The van der Waals surface area contributed by atoms with Crippen molar-refractivity contribution in [2.45, 2.75) is 30.4 Å². The zero-order valence-corrected chi connectivity index (χ0v) is 15.4. The minimum Gasteiger partial charge on any atom is -0.496 e. The van der Waals surface area contributed by atoms with Crippen LogP contribution in [0.15, 0.2) is 21.1 Å². The van der Waals surface area contributed by atoms with E-state index < -0.39 is 0 Å². The van der Waals surface area contributed by atoms with Crippen LogP contribution in [0.2, 0.25) is 0 Å². The van der Waals surface area contributed by atoms with E-state index in [0.29, 0.717) is 11.4 Å². The second-order valence-electron chi connectivity index (χ2n) is 4.25. The van der Waals surface area contributed by atoms with Gasteiger partial charge >= 0.3 is 0 Å². The van der Waals surface area contributed by atoms with E-state index in [0.717, 1.165) is 26.9 Å². The molecule has 1 fully saturated rings. The van der Waals surface area contributed by atoms with Crippen molar-refractivity contribution in [2.24, 2.45) is 0 Å². The van der Waals surface area contributed by atoms with Gasteiger partial charge in [0.15, 0.2) is 0 Å². The van der Waals surface area contributed by atoms with Crippen LogP contribution in [-0.2, 0) is 4.74 Å². The van der Waals surface area contributed by atoms with E-state index in [-0.39, 0.29) is 12.2 Å². The summed E-state index contributed by atoms with van der Waals surface area (Å²) in [6.45, 7) is 2.69. The molecule has 19 heavy (non-hydrogen) atoms. The van der Waals surface area contributed by atoms with Crippen LogP contribution in [-0.4, -0.2) is 30.8 Å². The first kappa shape index (κ1) is 15.6. The highest BCUT2D eigenvalue weighted by Crippen LogP contribution is 2.40. The maximum absolute atomic E-state index is 6.01. The van der Waals surface area contributed by atoms with Gasteiger partial charge in [-0.3, -0.25) is 0 Å². The summed E-state index contributed by atoms with van der Waals surface area (Å²) in [4.78, 5) is 0.373. The average Bonchev–Trinajstić information content (AvgIpc) is 2.39. The van der Waals surface area contributed by atoms with E-state index in [4.69, 9.17) is 14.2 Å². The van der Waals surface area contributed by atoms with Crippen LogP contribution in [0.1, 0.15) is 13.3 Å². The molecule has 0 radical (unpaired) electrons. The number of methoxy groups -OCH3 is 1. The van der Waals surface area contributed by atoms with E-state index in [1.54, 1.807) is 7.11 Å². The lowest BCUT2D eigenvalue weighted by Crippen LogP contribution is -2.52. The molecule has 3 unspecified atom stereocenters. The molecule has 0 amide bonds.